The highest BCUT2D eigenvalue weighted by atomic mass is 16.6. The van der Waals surface area contributed by atoms with Crippen molar-refractivity contribution in [3.63, 3.8) is 0 Å². The molecule has 8 heteroatoms. The Balaban J connectivity index is 1.98. The molecule has 0 radical (unpaired) electrons. The maximum absolute atomic E-state index is 14.0. The predicted octanol–water partition coefficient (Wildman–Crippen LogP) is 4.61. The fourth-order valence-corrected chi connectivity index (χ4v) is 4.08. The van der Waals surface area contributed by atoms with Crippen molar-refractivity contribution in [3.8, 4) is 18.2 Å². The van der Waals surface area contributed by atoms with E-state index in [-0.39, 0.29) is 18.7 Å². The molecule has 0 aliphatic rings. The molecule has 3 amide bonds. The van der Waals surface area contributed by atoms with E-state index in [1.165, 1.54) is 6.07 Å². The number of aromatic hydroxyl groups is 1. The summed E-state index contributed by atoms with van der Waals surface area (Å²) in [7, 11) is 0. The molecule has 8 nitrogen and oxygen atoms in total. The van der Waals surface area contributed by atoms with E-state index in [9.17, 15) is 19.5 Å². The number of phenols is 1. The van der Waals surface area contributed by atoms with E-state index in [4.69, 9.17) is 11.2 Å². The van der Waals surface area contributed by atoms with Crippen LogP contribution in [0.2, 0.25) is 0 Å². The van der Waals surface area contributed by atoms with Crippen LogP contribution in [-0.2, 0) is 27.3 Å². The van der Waals surface area contributed by atoms with E-state index in [1.54, 1.807) is 39.8 Å². The molecular formula is C32H35N3O5. The minimum Gasteiger partial charge on any atom is -0.508 e. The number of hydrogen-bond donors (Lipinski definition) is 3. The number of rotatable bonds is 9. The normalized spacial score (nSPS) is 12.4. The van der Waals surface area contributed by atoms with Gasteiger partial charge in [-0.25, -0.2) is 4.79 Å². The Kier molecular flexibility index (Phi) is 9.93. The number of alkyl carbamates (subject to hydrolysis) is 1. The highest BCUT2D eigenvalue weighted by molar-refractivity contribution is 5.93. The van der Waals surface area contributed by atoms with E-state index in [0.717, 1.165) is 16.0 Å². The summed E-state index contributed by atoms with van der Waals surface area (Å²) < 4.78 is 5.40. The van der Waals surface area contributed by atoms with Crippen molar-refractivity contribution in [1.29, 1.82) is 0 Å². The number of carbonyl (C=O) groups is 3. The van der Waals surface area contributed by atoms with Crippen molar-refractivity contribution in [2.24, 2.45) is 0 Å². The SMILES string of the molecule is C#CN(C(=O)C(Cc1ccccc1)NC(=O)OC(C)(C)C)C(C(=O)NCc1ccccc1)c1ccc(O)c(C)c1. The molecule has 3 aromatic carbocycles. The summed E-state index contributed by atoms with van der Waals surface area (Å²) in [6, 6.07) is 23.0. The Labute approximate surface area is 235 Å². The maximum atomic E-state index is 14.0. The van der Waals surface area contributed by atoms with Crippen molar-refractivity contribution < 1.29 is 24.2 Å². The molecule has 0 heterocycles. The molecule has 3 N–H and O–H groups in total. The zero-order chi connectivity index (χ0) is 29.3. The van der Waals surface area contributed by atoms with Crippen molar-refractivity contribution >= 4 is 17.9 Å². The van der Waals surface area contributed by atoms with Crippen LogP contribution in [-0.4, -0.2) is 39.6 Å². The van der Waals surface area contributed by atoms with Gasteiger partial charge in [0.1, 0.15) is 23.4 Å². The van der Waals surface area contributed by atoms with E-state index >= 15 is 0 Å². The van der Waals surface area contributed by atoms with Crippen LogP contribution in [0.3, 0.4) is 0 Å². The second-order valence-electron chi connectivity index (χ2n) is 10.4. The lowest BCUT2D eigenvalue weighted by Gasteiger charge is -2.30. The highest BCUT2D eigenvalue weighted by Gasteiger charge is 2.36. The van der Waals surface area contributed by atoms with Crippen LogP contribution in [0, 0.1) is 19.4 Å². The molecule has 0 saturated heterocycles. The highest BCUT2D eigenvalue weighted by Crippen LogP contribution is 2.27. The number of benzene rings is 3. The van der Waals surface area contributed by atoms with Crippen LogP contribution in [0.25, 0.3) is 0 Å². The third-order valence-corrected chi connectivity index (χ3v) is 6.00. The molecule has 0 aliphatic carbocycles. The minimum absolute atomic E-state index is 0.0410. The van der Waals surface area contributed by atoms with Gasteiger partial charge in [0.25, 0.3) is 5.91 Å². The van der Waals surface area contributed by atoms with E-state index in [0.29, 0.717) is 11.1 Å². The summed E-state index contributed by atoms with van der Waals surface area (Å²) in [5.41, 5.74) is 1.76. The summed E-state index contributed by atoms with van der Waals surface area (Å²) in [5.74, 6) is -1.14. The van der Waals surface area contributed by atoms with Crippen molar-refractivity contribution in [2.45, 2.75) is 58.3 Å². The lowest BCUT2D eigenvalue weighted by molar-refractivity contribution is -0.138. The monoisotopic (exact) mass is 541 g/mol. The average molecular weight is 542 g/mol. The third-order valence-electron chi connectivity index (χ3n) is 6.00. The van der Waals surface area contributed by atoms with E-state index in [1.807, 2.05) is 60.7 Å². The topological polar surface area (TPSA) is 108 Å². The van der Waals surface area contributed by atoms with Gasteiger partial charge in [-0.3, -0.25) is 14.5 Å². The van der Waals surface area contributed by atoms with Crippen molar-refractivity contribution in [3.05, 3.63) is 101 Å². The van der Waals surface area contributed by atoms with Crippen LogP contribution in [0.1, 0.15) is 49.1 Å². The Morgan fingerprint density at radius 3 is 2.12 bits per heavy atom. The quantitative estimate of drug-likeness (QED) is 0.271. The molecule has 40 heavy (non-hydrogen) atoms. The molecule has 0 spiro atoms. The van der Waals surface area contributed by atoms with Gasteiger partial charge in [-0.1, -0.05) is 73.2 Å². The Hall–Kier alpha value is -4.77. The summed E-state index contributed by atoms with van der Waals surface area (Å²) in [4.78, 5) is 41.4. The number of ether oxygens (including phenoxy) is 1. The van der Waals surface area contributed by atoms with E-state index in [2.05, 4.69) is 16.7 Å². The summed E-state index contributed by atoms with van der Waals surface area (Å²) >= 11 is 0. The van der Waals surface area contributed by atoms with Crippen LogP contribution in [0.5, 0.6) is 5.75 Å². The molecule has 0 fully saturated rings. The first-order valence-corrected chi connectivity index (χ1v) is 12.9. The third kappa shape index (κ3) is 8.37. The zero-order valence-corrected chi connectivity index (χ0v) is 23.2. The van der Waals surface area contributed by atoms with Crippen LogP contribution < -0.4 is 10.6 Å². The first-order valence-electron chi connectivity index (χ1n) is 12.9. The summed E-state index contributed by atoms with van der Waals surface area (Å²) in [6.45, 7) is 7.04. The predicted molar refractivity (Wildman–Crippen MR) is 153 cm³/mol. The molecular weight excluding hydrogens is 506 g/mol. The van der Waals surface area contributed by atoms with Gasteiger partial charge in [-0.2, -0.15) is 0 Å². The lowest BCUT2D eigenvalue weighted by Crippen LogP contribution is -2.52. The number of nitrogens with zero attached hydrogens (tertiary/aromatic N) is 1. The summed E-state index contributed by atoms with van der Waals surface area (Å²) in [6.07, 6.45) is 5.20. The van der Waals surface area contributed by atoms with Crippen molar-refractivity contribution in [2.75, 3.05) is 0 Å². The second kappa shape index (κ2) is 13.3. The summed E-state index contributed by atoms with van der Waals surface area (Å²) in [5, 5.41) is 15.6. The van der Waals surface area contributed by atoms with Crippen LogP contribution in [0.4, 0.5) is 4.79 Å². The van der Waals surface area contributed by atoms with Gasteiger partial charge < -0.3 is 20.5 Å². The minimum atomic E-state index is -1.24. The smallest absolute Gasteiger partial charge is 0.408 e. The number of terminal acetylenes is 1. The van der Waals surface area contributed by atoms with E-state index < -0.39 is 35.6 Å². The fourth-order valence-electron chi connectivity index (χ4n) is 4.08. The standard InChI is InChI=1S/C32H35N3O5/c1-6-35(30(38)26(20-23-13-9-7-10-14-23)34-31(39)40-32(3,4)5)28(25-17-18-27(36)22(2)19-25)29(37)33-21-24-15-11-8-12-16-24/h1,7-19,26,28,36H,20-21H2,2-5H3,(H,33,37)(H,34,39). The zero-order valence-electron chi connectivity index (χ0n) is 23.2. The molecule has 208 valence electrons. The Bertz CT molecular complexity index is 1360. The van der Waals surface area contributed by atoms with Gasteiger partial charge in [0, 0.05) is 19.0 Å². The van der Waals surface area contributed by atoms with Gasteiger partial charge >= 0.3 is 6.09 Å². The molecule has 0 aromatic heterocycles. The number of carbonyl (C=O) groups excluding carboxylic acids is 3. The fraction of sp³-hybridized carbons (Fsp3) is 0.281. The Morgan fingerprint density at radius 2 is 1.57 bits per heavy atom. The number of hydrogen-bond acceptors (Lipinski definition) is 5. The molecule has 0 saturated carbocycles. The Morgan fingerprint density at radius 1 is 0.975 bits per heavy atom. The number of aryl methyl sites for hydroxylation is 1. The van der Waals surface area contributed by atoms with Crippen LogP contribution in [0.15, 0.2) is 78.9 Å². The molecule has 0 bridgehead atoms. The van der Waals surface area contributed by atoms with Gasteiger partial charge in [0.15, 0.2) is 0 Å². The number of phenolic OH excluding ortho intramolecular Hbond substituents is 1. The molecule has 3 rings (SSSR count). The number of nitrogens with one attached hydrogen (secondary N) is 2. The molecule has 3 aromatic rings. The van der Waals surface area contributed by atoms with Gasteiger partial charge in [-0.05, 0) is 62.1 Å². The molecule has 2 unspecified atom stereocenters. The lowest BCUT2D eigenvalue weighted by atomic mass is 9.99. The molecule has 2 atom stereocenters. The number of amides is 3. The largest absolute Gasteiger partial charge is 0.508 e. The van der Waals surface area contributed by atoms with Crippen molar-refractivity contribution in [1.82, 2.24) is 15.5 Å². The first kappa shape index (κ1) is 29.8. The molecule has 0 aliphatic heterocycles. The first-order chi connectivity index (χ1) is 19.0. The van der Waals surface area contributed by atoms with Gasteiger partial charge in [0.05, 0.1) is 0 Å². The average Bonchev–Trinajstić information content (AvgIpc) is 2.91. The van der Waals surface area contributed by atoms with Crippen LogP contribution >= 0.6 is 0 Å². The second-order valence-corrected chi connectivity index (χ2v) is 10.4. The van der Waals surface area contributed by atoms with Gasteiger partial charge in [0.2, 0.25) is 5.91 Å². The maximum Gasteiger partial charge on any atom is 0.408 e. The van der Waals surface area contributed by atoms with Gasteiger partial charge in [-0.15, -0.1) is 0 Å².